The molecule has 1 rings (SSSR count). The standard InChI is InChI=1S/C15H17F13O7/c16-10(17,11(18,19)12(20,21)13(22,23)14(24,25)15(26,27)28)1-4(29)2-34-3-5-6(30)7(31)8(32)9(33)35-5/h4-9,29-33H,1-3H2/t4?,5-,6+,7+,8-,9?/m1/s1. The van der Waals surface area contributed by atoms with Gasteiger partial charge in [0.05, 0.1) is 19.3 Å². The summed E-state index contributed by atoms with van der Waals surface area (Å²) in [5, 5.41) is 46.8. The zero-order valence-electron chi connectivity index (χ0n) is 16.6. The van der Waals surface area contributed by atoms with Gasteiger partial charge in [-0.1, -0.05) is 0 Å². The average molecular weight is 556 g/mol. The lowest BCUT2D eigenvalue weighted by Gasteiger charge is -2.40. The summed E-state index contributed by atoms with van der Waals surface area (Å²) in [6, 6.07) is 0. The molecule has 35 heavy (non-hydrogen) atoms. The summed E-state index contributed by atoms with van der Waals surface area (Å²) >= 11 is 0. The van der Waals surface area contributed by atoms with Gasteiger partial charge in [-0.2, -0.15) is 57.1 Å². The zero-order valence-corrected chi connectivity index (χ0v) is 16.6. The first-order chi connectivity index (χ1) is 15.4. The van der Waals surface area contributed by atoms with E-state index >= 15 is 0 Å². The molecule has 0 spiro atoms. The summed E-state index contributed by atoms with van der Waals surface area (Å²) in [6.07, 6.45) is -23.4. The Morgan fingerprint density at radius 1 is 0.657 bits per heavy atom. The predicted molar refractivity (Wildman–Crippen MR) is 81.1 cm³/mol. The third kappa shape index (κ3) is 5.57. The molecule has 1 fully saturated rings. The summed E-state index contributed by atoms with van der Waals surface area (Å²) < 4.78 is 178. The van der Waals surface area contributed by atoms with Crippen molar-refractivity contribution in [1.82, 2.24) is 0 Å². The van der Waals surface area contributed by atoms with Crippen LogP contribution in [-0.4, -0.2) is 111 Å². The fraction of sp³-hybridized carbons (Fsp3) is 1.00. The van der Waals surface area contributed by atoms with Crippen molar-refractivity contribution in [2.45, 2.75) is 79.0 Å². The molecule has 210 valence electrons. The number of hydrogen-bond acceptors (Lipinski definition) is 7. The van der Waals surface area contributed by atoms with Crippen LogP contribution in [0.25, 0.3) is 0 Å². The van der Waals surface area contributed by atoms with Crippen molar-refractivity contribution in [3.63, 3.8) is 0 Å². The molecule has 0 amide bonds. The molecule has 0 aromatic rings. The summed E-state index contributed by atoms with van der Waals surface area (Å²) in [7, 11) is 0. The molecule has 7 nitrogen and oxygen atoms in total. The minimum atomic E-state index is -8.06. The van der Waals surface area contributed by atoms with E-state index in [-0.39, 0.29) is 0 Å². The summed E-state index contributed by atoms with van der Waals surface area (Å²) in [5.41, 5.74) is 0. The molecule has 5 N–H and O–H groups in total. The first-order valence-electron chi connectivity index (χ1n) is 8.96. The van der Waals surface area contributed by atoms with Crippen molar-refractivity contribution < 1.29 is 92.1 Å². The van der Waals surface area contributed by atoms with Gasteiger partial charge in [-0.05, 0) is 0 Å². The monoisotopic (exact) mass is 556 g/mol. The van der Waals surface area contributed by atoms with Crippen molar-refractivity contribution in [2.24, 2.45) is 0 Å². The fourth-order valence-electron chi connectivity index (χ4n) is 2.67. The number of alkyl halides is 13. The van der Waals surface area contributed by atoms with E-state index in [0.29, 0.717) is 0 Å². The Kier molecular flexibility index (Phi) is 9.04. The Labute approximate surface area is 185 Å². The van der Waals surface area contributed by atoms with Crippen LogP contribution in [0.2, 0.25) is 0 Å². The molecule has 0 radical (unpaired) electrons. The topological polar surface area (TPSA) is 120 Å². The van der Waals surface area contributed by atoms with Gasteiger partial charge >= 0.3 is 35.8 Å². The highest BCUT2D eigenvalue weighted by Gasteiger charge is 2.90. The zero-order chi connectivity index (χ0) is 28.0. The van der Waals surface area contributed by atoms with Crippen LogP contribution in [0.5, 0.6) is 0 Å². The number of aliphatic hydroxyl groups excluding tert-OH is 5. The Balaban J connectivity index is 2.92. The minimum Gasteiger partial charge on any atom is -0.390 e. The Morgan fingerprint density at radius 3 is 1.57 bits per heavy atom. The van der Waals surface area contributed by atoms with Crippen molar-refractivity contribution >= 4 is 0 Å². The van der Waals surface area contributed by atoms with E-state index in [9.17, 15) is 82.6 Å². The van der Waals surface area contributed by atoms with Gasteiger partial charge in [0.15, 0.2) is 6.29 Å². The van der Waals surface area contributed by atoms with Crippen molar-refractivity contribution in [3.8, 4) is 0 Å². The van der Waals surface area contributed by atoms with E-state index in [2.05, 4.69) is 9.47 Å². The molecule has 0 saturated carbocycles. The molecule has 2 unspecified atom stereocenters. The van der Waals surface area contributed by atoms with Crippen LogP contribution in [0.15, 0.2) is 0 Å². The number of ether oxygens (including phenoxy) is 2. The maximum atomic E-state index is 13.7. The third-order valence-corrected chi connectivity index (χ3v) is 4.77. The van der Waals surface area contributed by atoms with Crippen LogP contribution >= 0.6 is 0 Å². The van der Waals surface area contributed by atoms with E-state index in [1.165, 1.54) is 0 Å². The Hall–Kier alpha value is -1.19. The second-order valence-electron chi connectivity index (χ2n) is 7.43. The van der Waals surface area contributed by atoms with Crippen LogP contribution in [-0.2, 0) is 9.47 Å². The molecule has 1 saturated heterocycles. The quantitative estimate of drug-likeness (QED) is 0.258. The Morgan fingerprint density at radius 2 is 1.11 bits per heavy atom. The second kappa shape index (κ2) is 9.93. The summed E-state index contributed by atoms with van der Waals surface area (Å²) in [6.45, 7) is -2.60. The van der Waals surface area contributed by atoms with Gasteiger partial charge in [-0.15, -0.1) is 0 Å². The largest absolute Gasteiger partial charge is 0.460 e. The number of rotatable bonds is 10. The van der Waals surface area contributed by atoms with Crippen LogP contribution in [0.1, 0.15) is 6.42 Å². The number of hydrogen-bond donors (Lipinski definition) is 5. The van der Waals surface area contributed by atoms with Crippen molar-refractivity contribution in [1.29, 1.82) is 0 Å². The van der Waals surface area contributed by atoms with Gasteiger partial charge in [0, 0.05) is 6.42 Å². The average Bonchev–Trinajstić information content (AvgIpc) is 2.68. The first-order valence-corrected chi connectivity index (χ1v) is 8.96. The molecule has 0 bridgehead atoms. The molecule has 0 aliphatic carbocycles. The summed E-state index contributed by atoms with van der Waals surface area (Å²) in [5.74, 6) is -38.0. The lowest BCUT2D eigenvalue weighted by molar-refractivity contribution is -0.440. The second-order valence-corrected chi connectivity index (χ2v) is 7.43. The highest BCUT2D eigenvalue weighted by Crippen LogP contribution is 2.60. The number of aliphatic hydroxyl groups is 5. The number of halogens is 13. The molecule has 0 aromatic carbocycles. The smallest absolute Gasteiger partial charge is 0.390 e. The predicted octanol–water partition coefficient (Wildman–Crippen LogP) is 1.29. The molecule has 6 atom stereocenters. The van der Waals surface area contributed by atoms with Crippen molar-refractivity contribution in [2.75, 3.05) is 13.2 Å². The Bertz CT molecular complexity index is 718. The molecule has 20 heteroatoms. The van der Waals surface area contributed by atoms with Gasteiger partial charge in [-0.3, -0.25) is 0 Å². The molecule has 1 aliphatic rings. The fourth-order valence-corrected chi connectivity index (χ4v) is 2.67. The lowest BCUT2D eigenvalue weighted by atomic mass is 9.91. The van der Waals surface area contributed by atoms with Crippen LogP contribution in [0.4, 0.5) is 57.1 Å². The van der Waals surface area contributed by atoms with E-state index in [1.807, 2.05) is 0 Å². The maximum absolute atomic E-state index is 13.7. The van der Waals surface area contributed by atoms with E-state index in [4.69, 9.17) is 0 Å². The molecular weight excluding hydrogens is 539 g/mol. The van der Waals surface area contributed by atoms with Gasteiger partial charge < -0.3 is 35.0 Å². The molecule has 1 aliphatic heterocycles. The van der Waals surface area contributed by atoms with E-state index in [0.717, 1.165) is 0 Å². The van der Waals surface area contributed by atoms with E-state index in [1.54, 1.807) is 0 Å². The van der Waals surface area contributed by atoms with Crippen LogP contribution in [0, 0.1) is 0 Å². The van der Waals surface area contributed by atoms with Crippen LogP contribution < -0.4 is 0 Å². The van der Waals surface area contributed by atoms with Gasteiger partial charge in [0.1, 0.15) is 24.4 Å². The normalized spacial score (nSPS) is 28.8. The first kappa shape index (κ1) is 31.8. The third-order valence-electron chi connectivity index (χ3n) is 4.77. The van der Waals surface area contributed by atoms with E-state index < -0.39 is 92.2 Å². The van der Waals surface area contributed by atoms with Gasteiger partial charge in [0.25, 0.3) is 0 Å². The molecule has 1 heterocycles. The maximum Gasteiger partial charge on any atom is 0.460 e. The highest BCUT2D eigenvalue weighted by molar-refractivity contribution is 5.10. The van der Waals surface area contributed by atoms with Crippen LogP contribution in [0.3, 0.4) is 0 Å². The highest BCUT2D eigenvalue weighted by atomic mass is 19.4. The van der Waals surface area contributed by atoms with Gasteiger partial charge in [0.2, 0.25) is 0 Å². The SMILES string of the molecule is OC(COC[C@H]1OC(O)[C@H](O)[C@@H](O)[C@H]1O)CC(F)(F)C(F)(F)C(F)(F)C(F)(F)C(F)(F)C(F)(F)F. The summed E-state index contributed by atoms with van der Waals surface area (Å²) in [4.78, 5) is 0. The minimum absolute atomic E-state index is 1.05. The molecular formula is C15H17F13O7. The molecule has 0 aromatic heterocycles. The lowest BCUT2D eigenvalue weighted by Crippen LogP contribution is -2.70. The van der Waals surface area contributed by atoms with Crippen molar-refractivity contribution in [3.05, 3.63) is 0 Å². The van der Waals surface area contributed by atoms with Gasteiger partial charge in [-0.25, -0.2) is 0 Å².